The minimum absolute atomic E-state index is 0.0418. The Labute approximate surface area is 162 Å². The smallest absolute Gasteiger partial charge is 0.182 e. The summed E-state index contributed by atoms with van der Waals surface area (Å²) in [7, 11) is 1.67. The first-order valence-electron chi connectivity index (χ1n) is 8.96. The van der Waals surface area contributed by atoms with Crippen LogP contribution in [0, 0.1) is 0 Å². The van der Waals surface area contributed by atoms with E-state index in [1.54, 1.807) is 30.6 Å². The average Bonchev–Trinajstić information content (AvgIpc) is 2.74. The molecule has 138 valence electrons. The second-order valence-corrected chi connectivity index (χ2v) is 7.47. The van der Waals surface area contributed by atoms with E-state index in [0.29, 0.717) is 13.2 Å². The Balaban J connectivity index is 1.68. The molecule has 1 aromatic heterocycles. The fourth-order valence-corrected chi connectivity index (χ4v) is 4.31. The largest absolute Gasteiger partial charge is 0.497 e. The lowest BCUT2D eigenvalue weighted by Crippen LogP contribution is -2.36. The summed E-state index contributed by atoms with van der Waals surface area (Å²) in [5.74, 6) is 0.839. The molecule has 0 spiro atoms. The van der Waals surface area contributed by atoms with Crippen LogP contribution in [0.1, 0.15) is 0 Å². The van der Waals surface area contributed by atoms with Crippen LogP contribution in [-0.2, 0) is 4.74 Å². The van der Waals surface area contributed by atoms with Gasteiger partial charge in [-0.1, -0.05) is 30.3 Å². The summed E-state index contributed by atoms with van der Waals surface area (Å²) in [6.07, 6.45) is 0. The minimum atomic E-state index is 0.0418. The first-order chi connectivity index (χ1) is 13.2. The van der Waals surface area contributed by atoms with Gasteiger partial charge in [0, 0.05) is 30.1 Å². The monoisotopic (exact) mass is 379 g/mol. The van der Waals surface area contributed by atoms with E-state index in [-0.39, 0.29) is 5.43 Å². The molecule has 0 bridgehead atoms. The van der Waals surface area contributed by atoms with E-state index >= 15 is 0 Å². The Morgan fingerprint density at radius 1 is 0.926 bits per heavy atom. The normalized spacial score (nSPS) is 14.2. The number of methoxy groups -OCH3 is 1. The van der Waals surface area contributed by atoms with Crippen LogP contribution in [0.5, 0.6) is 5.75 Å². The molecule has 27 heavy (non-hydrogen) atoms. The number of benzene rings is 2. The van der Waals surface area contributed by atoms with Crippen molar-refractivity contribution in [3.05, 3.63) is 70.9 Å². The van der Waals surface area contributed by atoms with Gasteiger partial charge >= 0.3 is 0 Å². The van der Waals surface area contributed by atoms with Crippen LogP contribution in [0.15, 0.2) is 65.5 Å². The molecule has 5 heteroatoms. The van der Waals surface area contributed by atoms with E-state index in [1.807, 2.05) is 30.3 Å². The van der Waals surface area contributed by atoms with E-state index in [1.165, 1.54) is 0 Å². The van der Waals surface area contributed by atoms with Crippen LogP contribution in [0.4, 0.5) is 5.00 Å². The SMILES string of the molecule is COc1ccc(-c2cccc(-c3cc(=O)cc(N4CCOCC4)s3)c2)cc1. The van der Waals surface area contributed by atoms with Crippen molar-refractivity contribution in [2.45, 2.75) is 0 Å². The van der Waals surface area contributed by atoms with Crippen molar-refractivity contribution >= 4 is 16.3 Å². The highest BCUT2D eigenvalue weighted by Crippen LogP contribution is 2.33. The van der Waals surface area contributed by atoms with Crippen LogP contribution >= 0.6 is 11.3 Å². The summed E-state index contributed by atoms with van der Waals surface area (Å²) in [5.41, 5.74) is 3.33. The molecule has 0 unspecified atom stereocenters. The predicted octanol–water partition coefficient (Wildman–Crippen LogP) is 4.29. The highest BCUT2D eigenvalue weighted by Gasteiger charge is 2.14. The standard InChI is InChI=1S/C22H21NO3S/c1-25-20-7-5-16(6-8-20)17-3-2-4-18(13-17)21-14-19(24)15-22(27-21)23-9-11-26-12-10-23/h2-8,13-15H,9-12H2,1H3. The van der Waals surface area contributed by atoms with Crippen molar-refractivity contribution in [1.82, 2.24) is 0 Å². The van der Waals surface area contributed by atoms with Gasteiger partial charge in [0.2, 0.25) is 0 Å². The Morgan fingerprint density at radius 2 is 1.67 bits per heavy atom. The molecule has 0 aliphatic carbocycles. The molecule has 4 nitrogen and oxygen atoms in total. The van der Waals surface area contributed by atoms with E-state index in [0.717, 1.165) is 45.4 Å². The van der Waals surface area contributed by atoms with Gasteiger partial charge in [0.25, 0.3) is 0 Å². The van der Waals surface area contributed by atoms with Gasteiger partial charge in [-0.25, -0.2) is 0 Å². The summed E-state index contributed by atoms with van der Waals surface area (Å²) in [5, 5.41) is 1.01. The van der Waals surface area contributed by atoms with Crippen molar-refractivity contribution in [3.63, 3.8) is 0 Å². The third-order valence-corrected chi connectivity index (χ3v) is 5.81. The number of anilines is 1. The third-order valence-electron chi connectivity index (χ3n) is 4.65. The molecule has 0 radical (unpaired) electrons. The topological polar surface area (TPSA) is 38.8 Å². The molecule has 0 saturated carbocycles. The lowest BCUT2D eigenvalue weighted by atomic mass is 10.0. The van der Waals surface area contributed by atoms with Gasteiger partial charge in [0.15, 0.2) is 5.43 Å². The quantitative estimate of drug-likeness (QED) is 0.678. The van der Waals surface area contributed by atoms with E-state index in [2.05, 4.69) is 23.1 Å². The molecule has 2 heterocycles. The lowest BCUT2D eigenvalue weighted by Gasteiger charge is -2.28. The van der Waals surface area contributed by atoms with Crippen LogP contribution in [0.3, 0.4) is 0 Å². The maximum Gasteiger partial charge on any atom is 0.182 e. The van der Waals surface area contributed by atoms with Gasteiger partial charge in [-0.2, -0.15) is 0 Å². The van der Waals surface area contributed by atoms with Gasteiger partial charge in [0.1, 0.15) is 5.75 Å². The summed E-state index contributed by atoms with van der Waals surface area (Å²) >= 11 is 1.66. The number of nitrogens with zero attached hydrogens (tertiary/aromatic N) is 1. The van der Waals surface area contributed by atoms with Crippen LogP contribution in [0.25, 0.3) is 21.6 Å². The van der Waals surface area contributed by atoms with Crippen LogP contribution in [-0.4, -0.2) is 33.4 Å². The summed E-state index contributed by atoms with van der Waals surface area (Å²) < 4.78 is 10.7. The van der Waals surface area contributed by atoms with Crippen LogP contribution < -0.4 is 15.1 Å². The maximum absolute atomic E-state index is 12.3. The fourth-order valence-electron chi connectivity index (χ4n) is 3.18. The summed E-state index contributed by atoms with van der Waals surface area (Å²) in [4.78, 5) is 15.5. The molecular weight excluding hydrogens is 358 g/mol. The molecule has 1 aliphatic rings. The van der Waals surface area contributed by atoms with E-state index < -0.39 is 0 Å². The molecular formula is C22H21NO3S. The zero-order valence-electron chi connectivity index (χ0n) is 15.2. The maximum atomic E-state index is 12.3. The van der Waals surface area contributed by atoms with Crippen molar-refractivity contribution in [1.29, 1.82) is 0 Å². The zero-order chi connectivity index (χ0) is 18.6. The average molecular weight is 379 g/mol. The summed E-state index contributed by atoms with van der Waals surface area (Å²) in [6.45, 7) is 3.06. The molecule has 3 aromatic rings. The van der Waals surface area contributed by atoms with Gasteiger partial charge in [-0.05, 0) is 34.9 Å². The Hall–Kier alpha value is -2.63. The fraction of sp³-hybridized carbons (Fsp3) is 0.227. The van der Waals surface area contributed by atoms with E-state index in [4.69, 9.17) is 9.47 Å². The highest BCUT2D eigenvalue weighted by atomic mass is 32.1. The lowest BCUT2D eigenvalue weighted by molar-refractivity contribution is 0.123. The number of rotatable bonds is 4. The van der Waals surface area contributed by atoms with Gasteiger partial charge in [0.05, 0.1) is 25.3 Å². The number of morpholine rings is 1. The molecule has 1 saturated heterocycles. The molecule has 1 aliphatic heterocycles. The van der Waals surface area contributed by atoms with Crippen LogP contribution in [0.2, 0.25) is 0 Å². The number of hydrogen-bond acceptors (Lipinski definition) is 5. The van der Waals surface area contributed by atoms with Crippen molar-refractivity contribution < 1.29 is 9.47 Å². The zero-order valence-corrected chi connectivity index (χ0v) is 16.0. The van der Waals surface area contributed by atoms with Gasteiger partial charge in [-0.15, -0.1) is 11.3 Å². The van der Waals surface area contributed by atoms with Gasteiger partial charge in [-0.3, -0.25) is 4.79 Å². The number of ether oxygens (including phenoxy) is 2. The van der Waals surface area contributed by atoms with E-state index in [9.17, 15) is 4.79 Å². The molecule has 1 fully saturated rings. The van der Waals surface area contributed by atoms with Crippen molar-refractivity contribution in [2.24, 2.45) is 0 Å². The Bertz CT molecular complexity index is 975. The molecule has 0 atom stereocenters. The highest BCUT2D eigenvalue weighted by molar-refractivity contribution is 7.19. The first kappa shape index (κ1) is 17.8. The Kier molecular flexibility index (Phi) is 5.23. The summed E-state index contributed by atoms with van der Waals surface area (Å²) in [6, 6.07) is 19.8. The first-order valence-corrected chi connectivity index (χ1v) is 9.77. The molecule has 0 N–H and O–H groups in total. The van der Waals surface area contributed by atoms with Crippen molar-refractivity contribution in [2.75, 3.05) is 38.3 Å². The second kappa shape index (κ2) is 7.94. The predicted molar refractivity (Wildman–Crippen MR) is 111 cm³/mol. The van der Waals surface area contributed by atoms with Crippen molar-refractivity contribution in [3.8, 4) is 27.3 Å². The second-order valence-electron chi connectivity index (χ2n) is 6.40. The van der Waals surface area contributed by atoms with Gasteiger partial charge < -0.3 is 14.4 Å². The molecule has 4 rings (SSSR count). The minimum Gasteiger partial charge on any atom is -0.497 e. The third kappa shape index (κ3) is 4.04. The molecule has 0 amide bonds. The molecule has 2 aromatic carbocycles. The Morgan fingerprint density at radius 3 is 2.41 bits per heavy atom. The number of hydrogen-bond donors (Lipinski definition) is 0.